The summed E-state index contributed by atoms with van der Waals surface area (Å²) in [6.07, 6.45) is 0. The van der Waals surface area contributed by atoms with E-state index in [9.17, 15) is 9.90 Å². The Morgan fingerprint density at radius 2 is 1.90 bits per heavy atom. The fourth-order valence-electron chi connectivity index (χ4n) is 2.35. The molecule has 20 heavy (non-hydrogen) atoms. The minimum absolute atomic E-state index is 0.254. The summed E-state index contributed by atoms with van der Waals surface area (Å²) in [5.41, 5.74) is 3.81. The smallest absolute Gasteiger partial charge is 0.336 e. The first-order chi connectivity index (χ1) is 9.43. The minimum Gasteiger partial charge on any atom is -0.496 e. The molecule has 104 valence electrons. The van der Waals surface area contributed by atoms with Gasteiger partial charge in [-0.3, -0.25) is 0 Å². The third kappa shape index (κ3) is 2.70. The highest BCUT2D eigenvalue weighted by molar-refractivity contribution is 9.10. The van der Waals surface area contributed by atoms with Crippen molar-refractivity contribution in [2.24, 2.45) is 0 Å². The van der Waals surface area contributed by atoms with Crippen LogP contribution in [0.15, 0.2) is 34.8 Å². The van der Waals surface area contributed by atoms with Gasteiger partial charge in [0.15, 0.2) is 0 Å². The monoisotopic (exact) mass is 334 g/mol. The first-order valence-electron chi connectivity index (χ1n) is 6.12. The number of hydrogen-bond acceptors (Lipinski definition) is 2. The van der Waals surface area contributed by atoms with Crippen LogP contribution in [0, 0.1) is 13.8 Å². The number of carboxylic acid groups (broad SMARTS) is 1. The van der Waals surface area contributed by atoms with Gasteiger partial charge in [-0.25, -0.2) is 4.79 Å². The zero-order chi connectivity index (χ0) is 14.9. The predicted octanol–water partition coefficient (Wildman–Crippen LogP) is 4.44. The lowest BCUT2D eigenvalue weighted by Gasteiger charge is -2.15. The molecule has 2 aromatic carbocycles. The van der Waals surface area contributed by atoms with Gasteiger partial charge in [0.2, 0.25) is 0 Å². The number of halogens is 1. The van der Waals surface area contributed by atoms with Gasteiger partial charge < -0.3 is 9.84 Å². The Balaban J connectivity index is 2.78. The van der Waals surface area contributed by atoms with Crippen LogP contribution in [0.3, 0.4) is 0 Å². The summed E-state index contributed by atoms with van der Waals surface area (Å²) >= 11 is 3.31. The number of ether oxygens (including phenoxy) is 1. The van der Waals surface area contributed by atoms with Crippen LogP contribution in [-0.4, -0.2) is 18.2 Å². The summed E-state index contributed by atoms with van der Waals surface area (Å²) in [6.45, 7) is 3.94. The summed E-state index contributed by atoms with van der Waals surface area (Å²) in [5, 5.41) is 9.40. The lowest BCUT2D eigenvalue weighted by molar-refractivity contribution is 0.0697. The molecule has 4 heteroatoms. The molecule has 0 amide bonds. The third-order valence-electron chi connectivity index (χ3n) is 3.14. The molecule has 2 rings (SSSR count). The summed E-state index contributed by atoms with van der Waals surface area (Å²) in [4.78, 5) is 11.5. The van der Waals surface area contributed by atoms with Crippen molar-refractivity contribution in [3.05, 3.63) is 51.5 Å². The predicted molar refractivity (Wildman–Crippen MR) is 82.6 cm³/mol. The number of methoxy groups -OCH3 is 1. The molecule has 0 bridgehead atoms. The quantitative estimate of drug-likeness (QED) is 0.902. The molecule has 3 nitrogen and oxygen atoms in total. The van der Waals surface area contributed by atoms with E-state index in [0.29, 0.717) is 11.3 Å². The highest BCUT2D eigenvalue weighted by Crippen LogP contribution is 2.37. The van der Waals surface area contributed by atoms with Gasteiger partial charge in [-0.1, -0.05) is 28.1 Å². The molecule has 0 spiro atoms. The van der Waals surface area contributed by atoms with E-state index in [1.165, 1.54) is 0 Å². The normalized spacial score (nSPS) is 10.4. The molecule has 0 aromatic heterocycles. The van der Waals surface area contributed by atoms with Gasteiger partial charge in [0.1, 0.15) is 5.75 Å². The maximum atomic E-state index is 11.5. The summed E-state index contributed by atoms with van der Waals surface area (Å²) in [7, 11) is 1.59. The van der Waals surface area contributed by atoms with Gasteiger partial charge in [0, 0.05) is 15.6 Å². The van der Waals surface area contributed by atoms with Crippen molar-refractivity contribution in [2.45, 2.75) is 13.8 Å². The molecule has 0 heterocycles. The lowest BCUT2D eigenvalue weighted by Crippen LogP contribution is -2.02. The Bertz CT molecular complexity index is 678. The second-order valence-electron chi connectivity index (χ2n) is 4.65. The van der Waals surface area contributed by atoms with E-state index in [0.717, 1.165) is 21.2 Å². The Kier molecular flexibility index (Phi) is 4.14. The van der Waals surface area contributed by atoms with Gasteiger partial charge in [-0.2, -0.15) is 0 Å². The van der Waals surface area contributed by atoms with E-state index in [1.54, 1.807) is 19.2 Å². The van der Waals surface area contributed by atoms with Gasteiger partial charge in [-0.15, -0.1) is 0 Å². The largest absolute Gasteiger partial charge is 0.496 e. The van der Waals surface area contributed by atoms with Crippen LogP contribution < -0.4 is 4.74 Å². The Morgan fingerprint density at radius 1 is 1.20 bits per heavy atom. The average molecular weight is 335 g/mol. The van der Waals surface area contributed by atoms with Crippen molar-refractivity contribution < 1.29 is 14.6 Å². The van der Waals surface area contributed by atoms with Gasteiger partial charge >= 0.3 is 5.97 Å². The van der Waals surface area contributed by atoms with Crippen molar-refractivity contribution in [3.8, 4) is 16.9 Å². The molecule has 0 aliphatic carbocycles. The minimum atomic E-state index is -0.955. The SMILES string of the molecule is COc1cc(C)cc(C)c1-c1ccc(Br)cc1C(=O)O. The van der Waals surface area contributed by atoms with Crippen molar-refractivity contribution in [3.63, 3.8) is 0 Å². The van der Waals surface area contributed by atoms with Crippen LogP contribution in [0.4, 0.5) is 0 Å². The summed E-state index contributed by atoms with van der Waals surface area (Å²) < 4.78 is 6.16. The number of benzene rings is 2. The van der Waals surface area contributed by atoms with E-state index < -0.39 is 5.97 Å². The second kappa shape index (κ2) is 5.67. The van der Waals surface area contributed by atoms with Crippen molar-refractivity contribution >= 4 is 21.9 Å². The topological polar surface area (TPSA) is 46.5 Å². The second-order valence-corrected chi connectivity index (χ2v) is 5.57. The Morgan fingerprint density at radius 3 is 2.50 bits per heavy atom. The summed E-state index contributed by atoms with van der Waals surface area (Å²) in [6, 6.07) is 9.17. The molecule has 0 aliphatic heterocycles. The zero-order valence-corrected chi connectivity index (χ0v) is 13.1. The molecular formula is C16H15BrO3. The van der Waals surface area contributed by atoms with E-state index in [1.807, 2.05) is 32.0 Å². The van der Waals surface area contributed by atoms with E-state index in [-0.39, 0.29) is 5.56 Å². The van der Waals surface area contributed by atoms with Crippen molar-refractivity contribution in [1.82, 2.24) is 0 Å². The number of carbonyl (C=O) groups is 1. The maximum Gasteiger partial charge on any atom is 0.336 e. The maximum absolute atomic E-state index is 11.5. The van der Waals surface area contributed by atoms with Gasteiger partial charge in [0.25, 0.3) is 0 Å². The fraction of sp³-hybridized carbons (Fsp3) is 0.188. The van der Waals surface area contributed by atoms with Gasteiger partial charge in [0.05, 0.1) is 12.7 Å². The van der Waals surface area contributed by atoms with Crippen molar-refractivity contribution in [2.75, 3.05) is 7.11 Å². The molecular weight excluding hydrogens is 320 g/mol. The molecule has 0 atom stereocenters. The highest BCUT2D eigenvalue weighted by atomic mass is 79.9. The lowest BCUT2D eigenvalue weighted by atomic mass is 9.94. The Hall–Kier alpha value is -1.81. The molecule has 0 radical (unpaired) electrons. The average Bonchev–Trinajstić information content (AvgIpc) is 2.38. The number of aryl methyl sites for hydroxylation is 2. The molecule has 0 fully saturated rings. The van der Waals surface area contributed by atoms with E-state index in [4.69, 9.17) is 4.74 Å². The van der Waals surface area contributed by atoms with Crippen LogP contribution in [-0.2, 0) is 0 Å². The van der Waals surface area contributed by atoms with E-state index in [2.05, 4.69) is 15.9 Å². The van der Waals surface area contributed by atoms with Crippen molar-refractivity contribution in [1.29, 1.82) is 0 Å². The van der Waals surface area contributed by atoms with Crippen LogP contribution in [0.25, 0.3) is 11.1 Å². The highest BCUT2D eigenvalue weighted by Gasteiger charge is 2.17. The van der Waals surface area contributed by atoms with E-state index >= 15 is 0 Å². The zero-order valence-electron chi connectivity index (χ0n) is 11.5. The van der Waals surface area contributed by atoms with Crippen LogP contribution in [0.2, 0.25) is 0 Å². The van der Waals surface area contributed by atoms with Crippen LogP contribution >= 0.6 is 15.9 Å². The standard InChI is InChI=1S/C16H15BrO3/c1-9-6-10(2)15(14(7-9)20-3)12-5-4-11(17)8-13(12)16(18)19/h4-8H,1-3H3,(H,18,19). The molecule has 2 aromatic rings. The summed E-state index contributed by atoms with van der Waals surface area (Å²) in [5.74, 6) is -0.268. The fourth-order valence-corrected chi connectivity index (χ4v) is 2.71. The van der Waals surface area contributed by atoms with Gasteiger partial charge in [-0.05, 0) is 43.2 Å². The number of hydrogen-bond donors (Lipinski definition) is 1. The number of rotatable bonds is 3. The van der Waals surface area contributed by atoms with Crippen LogP contribution in [0.5, 0.6) is 5.75 Å². The van der Waals surface area contributed by atoms with Crippen LogP contribution in [0.1, 0.15) is 21.5 Å². The first kappa shape index (κ1) is 14.6. The Labute approximate surface area is 126 Å². The third-order valence-corrected chi connectivity index (χ3v) is 3.64. The molecule has 0 unspecified atom stereocenters. The molecule has 0 saturated heterocycles. The molecule has 0 saturated carbocycles. The number of carboxylic acids is 1. The molecule has 0 aliphatic rings. The molecule has 1 N–H and O–H groups in total. The number of aromatic carboxylic acids is 1. The first-order valence-corrected chi connectivity index (χ1v) is 6.91.